The molecular formula is C10H15ClN4O. The van der Waals surface area contributed by atoms with Crippen LogP contribution >= 0.6 is 11.6 Å². The first-order chi connectivity index (χ1) is 7.45. The molecule has 0 spiro atoms. The summed E-state index contributed by atoms with van der Waals surface area (Å²) in [5.74, 6) is 0.527. The molecule has 5 nitrogen and oxygen atoms in total. The molecule has 1 amide bonds. The molecule has 6 heteroatoms. The number of rotatable bonds is 4. The van der Waals surface area contributed by atoms with Gasteiger partial charge < -0.3 is 10.6 Å². The van der Waals surface area contributed by atoms with Crippen molar-refractivity contribution in [1.29, 1.82) is 0 Å². The van der Waals surface area contributed by atoms with Crippen molar-refractivity contribution in [2.24, 2.45) is 5.41 Å². The summed E-state index contributed by atoms with van der Waals surface area (Å²) in [4.78, 5) is 19.4. The van der Waals surface area contributed by atoms with E-state index in [0.29, 0.717) is 17.5 Å². The van der Waals surface area contributed by atoms with Crippen LogP contribution in [0.25, 0.3) is 0 Å². The topological polar surface area (TPSA) is 66.9 Å². The van der Waals surface area contributed by atoms with E-state index < -0.39 is 5.41 Å². The van der Waals surface area contributed by atoms with Crippen molar-refractivity contribution < 1.29 is 4.79 Å². The van der Waals surface area contributed by atoms with Crippen molar-refractivity contribution in [2.75, 3.05) is 18.9 Å². The molecule has 1 aromatic rings. The van der Waals surface area contributed by atoms with Crippen molar-refractivity contribution in [3.8, 4) is 0 Å². The first-order valence-corrected chi connectivity index (χ1v) is 5.27. The summed E-state index contributed by atoms with van der Waals surface area (Å²) >= 11 is 5.69. The van der Waals surface area contributed by atoms with Gasteiger partial charge in [-0.3, -0.25) is 9.78 Å². The zero-order valence-corrected chi connectivity index (χ0v) is 10.3. The summed E-state index contributed by atoms with van der Waals surface area (Å²) in [5, 5.41) is 5.96. The van der Waals surface area contributed by atoms with Gasteiger partial charge in [0.1, 0.15) is 11.0 Å². The van der Waals surface area contributed by atoms with E-state index in [1.165, 1.54) is 6.20 Å². The average molecular weight is 243 g/mol. The Labute approximate surface area is 99.6 Å². The van der Waals surface area contributed by atoms with Gasteiger partial charge in [-0.1, -0.05) is 11.6 Å². The van der Waals surface area contributed by atoms with Crippen LogP contribution in [0.3, 0.4) is 0 Å². The molecule has 0 saturated heterocycles. The predicted octanol–water partition coefficient (Wildman–Crippen LogP) is 1.31. The van der Waals surface area contributed by atoms with Crippen LogP contribution in [0.5, 0.6) is 0 Å². The third-order valence-corrected chi connectivity index (χ3v) is 2.34. The van der Waals surface area contributed by atoms with Gasteiger partial charge >= 0.3 is 0 Å². The van der Waals surface area contributed by atoms with Gasteiger partial charge in [-0.05, 0) is 13.8 Å². The first kappa shape index (κ1) is 12.7. The highest BCUT2D eigenvalue weighted by Crippen LogP contribution is 2.16. The molecule has 1 rings (SSSR count). The van der Waals surface area contributed by atoms with Crippen molar-refractivity contribution >= 4 is 23.3 Å². The quantitative estimate of drug-likeness (QED) is 0.836. The Morgan fingerprint density at radius 3 is 2.75 bits per heavy atom. The van der Waals surface area contributed by atoms with E-state index in [1.807, 2.05) is 13.8 Å². The molecule has 0 saturated carbocycles. The zero-order chi connectivity index (χ0) is 12.2. The van der Waals surface area contributed by atoms with Crippen LogP contribution in [0.2, 0.25) is 5.15 Å². The van der Waals surface area contributed by atoms with E-state index in [0.717, 1.165) is 0 Å². The van der Waals surface area contributed by atoms with E-state index in [4.69, 9.17) is 11.6 Å². The third-order valence-electron chi connectivity index (χ3n) is 2.16. The fourth-order valence-corrected chi connectivity index (χ4v) is 1.30. The Kier molecular flexibility index (Phi) is 4.06. The van der Waals surface area contributed by atoms with Gasteiger partial charge in [0.15, 0.2) is 0 Å². The van der Waals surface area contributed by atoms with Crippen molar-refractivity contribution in [3.05, 3.63) is 17.5 Å². The lowest BCUT2D eigenvalue weighted by atomic mass is 9.92. The number of carbonyl (C=O) groups is 1. The van der Waals surface area contributed by atoms with Crippen LogP contribution in [-0.4, -0.2) is 29.5 Å². The second kappa shape index (κ2) is 5.12. The van der Waals surface area contributed by atoms with Crippen LogP contribution in [0.15, 0.2) is 12.4 Å². The lowest BCUT2D eigenvalue weighted by molar-refractivity contribution is -0.128. The van der Waals surface area contributed by atoms with E-state index >= 15 is 0 Å². The monoisotopic (exact) mass is 242 g/mol. The summed E-state index contributed by atoms with van der Waals surface area (Å²) in [6.45, 7) is 4.15. The molecule has 0 aliphatic rings. The molecule has 0 aromatic carbocycles. The van der Waals surface area contributed by atoms with Crippen molar-refractivity contribution in [3.63, 3.8) is 0 Å². The molecule has 2 N–H and O–H groups in total. The molecule has 1 aromatic heterocycles. The Hall–Kier alpha value is -1.36. The normalized spacial score (nSPS) is 11.0. The Morgan fingerprint density at radius 2 is 2.19 bits per heavy atom. The lowest BCUT2D eigenvalue weighted by Crippen LogP contribution is -2.39. The van der Waals surface area contributed by atoms with Crippen LogP contribution in [-0.2, 0) is 4.79 Å². The molecule has 0 atom stereocenters. The Balaban J connectivity index is 2.61. The number of carbonyl (C=O) groups excluding carboxylic acids is 1. The number of halogens is 1. The summed E-state index contributed by atoms with van der Waals surface area (Å²) < 4.78 is 0. The van der Waals surface area contributed by atoms with Crippen LogP contribution in [0.4, 0.5) is 5.82 Å². The van der Waals surface area contributed by atoms with Gasteiger partial charge in [0, 0.05) is 13.6 Å². The van der Waals surface area contributed by atoms with Crippen molar-refractivity contribution in [1.82, 2.24) is 15.3 Å². The Bertz CT molecular complexity index is 381. The number of amides is 1. The smallest absolute Gasteiger partial charge is 0.227 e. The average Bonchev–Trinajstić information content (AvgIpc) is 2.25. The number of nitrogens with zero attached hydrogens (tertiary/aromatic N) is 2. The zero-order valence-electron chi connectivity index (χ0n) is 9.54. The molecular weight excluding hydrogens is 228 g/mol. The molecule has 16 heavy (non-hydrogen) atoms. The third kappa shape index (κ3) is 3.34. The van der Waals surface area contributed by atoms with Crippen LogP contribution < -0.4 is 10.6 Å². The first-order valence-electron chi connectivity index (χ1n) is 4.89. The summed E-state index contributed by atoms with van der Waals surface area (Å²) in [7, 11) is 1.61. The molecule has 88 valence electrons. The maximum absolute atomic E-state index is 11.5. The highest BCUT2D eigenvalue weighted by molar-refractivity contribution is 6.29. The van der Waals surface area contributed by atoms with E-state index in [-0.39, 0.29) is 5.91 Å². The van der Waals surface area contributed by atoms with E-state index in [2.05, 4.69) is 20.6 Å². The number of hydrogen-bond donors (Lipinski definition) is 2. The van der Waals surface area contributed by atoms with Gasteiger partial charge in [0.2, 0.25) is 5.91 Å². The highest BCUT2D eigenvalue weighted by atomic mass is 35.5. The van der Waals surface area contributed by atoms with Gasteiger partial charge in [0.25, 0.3) is 0 Å². The minimum absolute atomic E-state index is 0.0324. The minimum Gasteiger partial charge on any atom is -0.368 e. The SMILES string of the molecule is CNC(=O)C(C)(C)CNc1cncc(Cl)n1. The summed E-state index contributed by atoms with van der Waals surface area (Å²) in [6, 6.07) is 0. The molecule has 0 unspecified atom stereocenters. The molecule has 0 radical (unpaired) electrons. The van der Waals surface area contributed by atoms with Crippen LogP contribution in [0.1, 0.15) is 13.8 Å². The highest BCUT2D eigenvalue weighted by Gasteiger charge is 2.26. The van der Waals surface area contributed by atoms with Gasteiger partial charge in [-0.15, -0.1) is 0 Å². The molecule has 0 aliphatic carbocycles. The number of nitrogens with one attached hydrogen (secondary N) is 2. The molecule has 0 bridgehead atoms. The second-order valence-electron chi connectivity index (χ2n) is 4.04. The summed E-state index contributed by atoms with van der Waals surface area (Å²) in [6.07, 6.45) is 3.02. The van der Waals surface area contributed by atoms with Gasteiger partial charge in [-0.2, -0.15) is 0 Å². The van der Waals surface area contributed by atoms with Gasteiger partial charge in [0.05, 0.1) is 17.8 Å². The fraction of sp³-hybridized carbons (Fsp3) is 0.500. The molecule has 0 fully saturated rings. The minimum atomic E-state index is -0.515. The van der Waals surface area contributed by atoms with E-state index in [1.54, 1.807) is 13.2 Å². The number of hydrogen-bond acceptors (Lipinski definition) is 4. The van der Waals surface area contributed by atoms with E-state index in [9.17, 15) is 4.79 Å². The fourth-order valence-electron chi connectivity index (χ4n) is 1.16. The lowest BCUT2D eigenvalue weighted by Gasteiger charge is -2.22. The van der Waals surface area contributed by atoms with Crippen molar-refractivity contribution in [2.45, 2.75) is 13.8 Å². The second-order valence-corrected chi connectivity index (χ2v) is 4.43. The molecule has 0 aliphatic heterocycles. The summed E-state index contributed by atoms with van der Waals surface area (Å²) in [5.41, 5.74) is -0.515. The standard InChI is InChI=1S/C10H15ClN4O/c1-10(2,9(16)12-3)6-14-8-5-13-4-7(11)15-8/h4-5H,6H2,1-3H3,(H,12,16)(H,14,15). The number of aromatic nitrogens is 2. The molecule has 1 heterocycles. The maximum Gasteiger partial charge on any atom is 0.227 e. The Morgan fingerprint density at radius 1 is 1.50 bits per heavy atom. The largest absolute Gasteiger partial charge is 0.368 e. The predicted molar refractivity (Wildman–Crippen MR) is 63.4 cm³/mol. The number of anilines is 1. The van der Waals surface area contributed by atoms with Gasteiger partial charge in [-0.25, -0.2) is 4.98 Å². The maximum atomic E-state index is 11.5. The van der Waals surface area contributed by atoms with Crippen LogP contribution in [0, 0.1) is 5.41 Å².